The minimum atomic E-state index is 0.112. The van der Waals surface area contributed by atoms with Gasteiger partial charge < -0.3 is 10.2 Å². The van der Waals surface area contributed by atoms with E-state index in [1.54, 1.807) is 0 Å². The second kappa shape index (κ2) is 8.00. The van der Waals surface area contributed by atoms with Crippen LogP contribution in [0.5, 0.6) is 0 Å². The van der Waals surface area contributed by atoms with Crippen molar-refractivity contribution in [2.75, 3.05) is 26.2 Å². The minimum Gasteiger partial charge on any atom is -0.355 e. The van der Waals surface area contributed by atoms with Crippen molar-refractivity contribution in [2.24, 2.45) is 11.8 Å². The highest BCUT2D eigenvalue weighted by Crippen LogP contribution is 2.37. The molecule has 1 heterocycles. The third kappa shape index (κ3) is 4.82. The quantitative estimate of drug-likeness (QED) is 0.858. The van der Waals surface area contributed by atoms with Crippen LogP contribution in [0.4, 0.5) is 0 Å². The van der Waals surface area contributed by atoms with E-state index in [0.29, 0.717) is 18.9 Å². The molecule has 3 rings (SSSR count). The van der Waals surface area contributed by atoms with Gasteiger partial charge in [-0.3, -0.25) is 14.5 Å². The van der Waals surface area contributed by atoms with Crippen molar-refractivity contribution in [1.82, 2.24) is 15.1 Å². The number of rotatable bonds is 6. The van der Waals surface area contributed by atoms with Gasteiger partial charge in [-0.05, 0) is 24.8 Å². The lowest BCUT2D eigenvalue weighted by molar-refractivity contribution is -0.135. The molecule has 2 fully saturated rings. The number of benzene rings is 1. The molecule has 1 aliphatic carbocycles. The molecule has 0 aromatic heterocycles. The third-order valence-electron chi connectivity index (χ3n) is 5.37. The van der Waals surface area contributed by atoms with Gasteiger partial charge in [0.25, 0.3) is 0 Å². The predicted octanol–water partition coefficient (Wildman–Crippen LogP) is 1.88. The molecule has 5 nitrogen and oxygen atoms in total. The number of nitrogens with zero attached hydrogens (tertiary/aromatic N) is 2. The van der Waals surface area contributed by atoms with Gasteiger partial charge in [-0.15, -0.1) is 0 Å². The van der Waals surface area contributed by atoms with Crippen LogP contribution >= 0.6 is 0 Å². The summed E-state index contributed by atoms with van der Waals surface area (Å²) < 4.78 is 0. The number of piperazine rings is 1. The molecule has 5 heteroatoms. The van der Waals surface area contributed by atoms with Crippen molar-refractivity contribution >= 4 is 11.8 Å². The molecule has 0 bridgehead atoms. The molecule has 1 saturated carbocycles. The zero-order chi connectivity index (χ0) is 17.8. The Labute approximate surface area is 150 Å². The molecule has 25 heavy (non-hydrogen) atoms. The van der Waals surface area contributed by atoms with E-state index in [2.05, 4.69) is 48.3 Å². The number of hydrogen-bond acceptors (Lipinski definition) is 3. The van der Waals surface area contributed by atoms with Crippen molar-refractivity contribution in [3.05, 3.63) is 35.9 Å². The third-order valence-corrected chi connectivity index (χ3v) is 5.37. The van der Waals surface area contributed by atoms with E-state index in [4.69, 9.17) is 0 Å². The van der Waals surface area contributed by atoms with E-state index >= 15 is 0 Å². The van der Waals surface area contributed by atoms with E-state index in [-0.39, 0.29) is 23.8 Å². The molecule has 0 radical (unpaired) electrons. The highest BCUT2D eigenvalue weighted by molar-refractivity contribution is 5.82. The van der Waals surface area contributed by atoms with Crippen molar-refractivity contribution in [3.8, 4) is 0 Å². The monoisotopic (exact) mass is 343 g/mol. The molecule has 0 spiro atoms. The second-order valence-electron chi connectivity index (χ2n) is 7.52. The fraction of sp³-hybridized carbons (Fsp3) is 0.600. The molecule has 136 valence electrons. The van der Waals surface area contributed by atoms with Crippen molar-refractivity contribution in [1.29, 1.82) is 0 Å². The van der Waals surface area contributed by atoms with Crippen LogP contribution in [0.1, 0.15) is 32.3 Å². The largest absolute Gasteiger partial charge is 0.355 e. The van der Waals surface area contributed by atoms with E-state index in [1.807, 2.05) is 11.0 Å². The Morgan fingerprint density at radius 2 is 1.88 bits per heavy atom. The van der Waals surface area contributed by atoms with Crippen LogP contribution in [0.3, 0.4) is 0 Å². The topological polar surface area (TPSA) is 52.7 Å². The van der Waals surface area contributed by atoms with Gasteiger partial charge in [-0.2, -0.15) is 0 Å². The summed E-state index contributed by atoms with van der Waals surface area (Å²) in [5.41, 5.74) is 1.31. The summed E-state index contributed by atoms with van der Waals surface area (Å²) in [6, 6.07) is 10.7. The normalized spacial score (nSPS) is 26.3. The predicted molar refractivity (Wildman–Crippen MR) is 97.8 cm³/mol. The maximum Gasteiger partial charge on any atom is 0.224 e. The Kier molecular flexibility index (Phi) is 5.74. The highest BCUT2D eigenvalue weighted by atomic mass is 16.2. The Bertz CT molecular complexity index is 604. The molecule has 1 aromatic rings. The molecule has 0 unspecified atom stereocenters. The first-order valence-corrected chi connectivity index (χ1v) is 9.38. The first kappa shape index (κ1) is 17.9. The zero-order valence-electron chi connectivity index (χ0n) is 15.3. The van der Waals surface area contributed by atoms with Crippen LogP contribution in [-0.2, 0) is 16.1 Å². The lowest BCUT2D eigenvalue weighted by atomic mass is 10.1. The fourth-order valence-corrected chi connectivity index (χ4v) is 3.64. The van der Waals surface area contributed by atoms with Crippen molar-refractivity contribution in [3.63, 3.8) is 0 Å². The van der Waals surface area contributed by atoms with Gasteiger partial charge in [0.05, 0.1) is 0 Å². The summed E-state index contributed by atoms with van der Waals surface area (Å²) in [4.78, 5) is 28.6. The number of hydrogen-bond donors (Lipinski definition) is 1. The molecule has 1 saturated heterocycles. The van der Waals surface area contributed by atoms with Crippen LogP contribution in [0.15, 0.2) is 30.3 Å². The Hall–Kier alpha value is -1.88. The lowest BCUT2D eigenvalue weighted by Crippen LogP contribution is -2.54. The van der Waals surface area contributed by atoms with Crippen LogP contribution in [0.2, 0.25) is 0 Å². The van der Waals surface area contributed by atoms with Gasteiger partial charge in [0, 0.05) is 51.1 Å². The van der Waals surface area contributed by atoms with Gasteiger partial charge in [0.1, 0.15) is 0 Å². The van der Waals surface area contributed by atoms with E-state index < -0.39 is 0 Å². The van der Waals surface area contributed by atoms with Gasteiger partial charge in [-0.1, -0.05) is 37.3 Å². The first-order chi connectivity index (χ1) is 12.0. The van der Waals surface area contributed by atoms with Crippen molar-refractivity contribution in [2.45, 2.75) is 39.3 Å². The second-order valence-corrected chi connectivity index (χ2v) is 7.52. The molecule has 1 aromatic carbocycles. The Balaban J connectivity index is 1.40. The summed E-state index contributed by atoms with van der Waals surface area (Å²) in [5, 5.41) is 2.90. The van der Waals surface area contributed by atoms with Crippen LogP contribution in [-0.4, -0.2) is 53.8 Å². The summed E-state index contributed by atoms with van der Waals surface area (Å²) in [5.74, 6) is 0.945. The average Bonchev–Trinajstić information content (AvgIpc) is 3.32. The highest BCUT2D eigenvalue weighted by Gasteiger charge is 2.38. The molecular formula is C20H29N3O2. The van der Waals surface area contributed by atoms with Crippen LogP contribution in [0.25, 0.3) is 0 Å². The van der Waals surface area contributed by atoms with Crippen LogP contribution in [0, 0.1) is 11.8 Å². The molecule has 3 atom stereocenters. The Morgan fingerprint density at radius 1 is 1.16 bits per heavy atom. The van der Waals surface area contributed by atoms with Gasteiger partial charge in [0.2, 0.25) is 11.8 Å². The number of carbonyl (C=O) groups is 2. The number of carbonyl (C=O) groups excluding carboxylic acids is 2. The standard InChI is InChI=1S/C20H29N3O2/c1-15-12-18(15)20(25)21-9-8-19(24)23-11-10-22(13-16(23)2)14-17-6-4-3-5-7-17/h3-7,15-16,18H,8-14H2,1-2H3,(H,21,25)/t15-,16-,18-/m1/s1. The maximum atomic E-state index is 12.5. The van der Waals surface area contributed by atoms with Gasteiger partial charge in [0.15, 0.2) is 0 Å². The molecule has 1 N–H and O–H groups in total. The van der Waals surface area contributed by atoms with Gasteiger partial charge >= 0.3 is 0 Å². The summed E-state index contributed by atoms with van der Waals surface area (Å²) in [6.07, 6.45) is 1.38. The SMILES string of the molecule is C[C@@H]1C[C@H]1C(=O)NCCC(=O)N1CCN(Cc2ccccc2)C[C@H]1C. The fourth-order valence-electron chi connectivity index (χ4n) is 3.64. The minimum absolute atomic E-state index is 0.112. The van der Waals surface area contributed by atoms with E-state index in [0.717, 1.165) is 32.6 Å². The Morgan fingerprint density at radius 3 is 2.52 bits per heavy atom. The maximum absolute atomic E-state index is 12.5. The molecule has 1 aliphatic heterocycles. The zero-order valence-corrected chi connectivity index (χ0v) is 15.3. The summed E-state index contributed by atoms with van der Waals surface area (Å²) in [7, 11) is 0. The van der Waals surface area contributed by atoms with Crippen molar-refractivity contribution < 1.29 is 9.59 Å². The van der Waals surface area contributed by atoms with Crippen LogP contribution < -0.4 is 5.32 Å². The first-order valence-electron chi connectivity index (χ1n) is 9.38. The number of amides is 2. The summed E-state index contributed by atoms with van der Waals surface area (Å²) in [6.45, 7) is 8.15. The summed E-state index contributed by atoms with van der Waals surface area (Å²) >= 11 is 0. The molecule has 2 aliphatic rings. The van der Waals surface area contributed by atoms with E-state index in [1.165, 1.54) is 5.56 Å². The molecule has 2 amide bonds. The number of nitrogens with one attached hydrogen (secondary N) is 1. The molecular weight excluding hydrogens is 314 g/mol. The lowest BCUT2D eigenvalue weighted by Gasteiger charge is -2.40. The van der Waals surface area contributed by atoms with Gasteiger partial charge in [-0.25, -0.2) is 0 Å². The van der Waals surface area contributed by atoms with E-state index in [9.17, 15) is 9.59 Å². The smallest absolute Gasteiger partial charge is 0.224 e. The average molecular weight is 343 g/mol.